The van der Waals surface area contributed by atoms with Crippen molar-refractivity contribution in [2.75, 3.05) is 19.9 Å². The van der Waals surface area contributed by atoms with E-state index in [0.717, 1.165) is 31.5 Å². The number of ether oxygens (including phenoxy) is 4. The van der Waals surface area contributed by atoms with E-state index in [-0.39, 0.29) is 25.2 Å². The Hall–Kier alpha value is -2.44. The molecule has 0 aromatic heterocycles. The largest absolute Gasteiger partial charge is 0.346 e. The molecule has 0 N–H and O–H groups in total. The minimum absolute atomic E-state index is 0.0213. The van der Waals surface area contributed by atoms with Crippen LogP contribution >= 0.6 is 0 Å². The van der Waals surface area contributed by atoms with Crippen molar-refractivity contribution in [2.24, 2.45) is 0 Å². The summed E-state index contributed by atoms with van der Waals surface area (Å²) >= 11 is 0. The Kier molecular flexibility index (Phi) is 6.42. The van der Waals surface area contributed by atoms with Crippen molar-refractivity contribution < 1.29 is 18.9 Å². The summed E-state index contributed by atoms with van der Waals surface area (Å²) in [5, 5.41) is 0. The Labute approximate surface area is 190 Å². The Morgan fingerprint density at radius 1 is 1.03 bits per heavy atom. The van der Waals surface area contributed by atoms with Crippen molar-refractivity contribution in [2.45, 2.75) is 50.4 Å². The van der Waals surface area contributed by atoms with Gasteiger partial charge >= 0.3 is 0 Å². The molecule has 2 saturated heterocycles. The molecular weight excluding hydrogens is 402 g/mol. The molecule has 0 radical (unpaired) electrons. The maximum atomic E-state index is 6.86. The first kappa shape index (κ1) is 21.4. The van der Waals surface area contributed by atoms with Crippen molar-refractivity contribution >= 4 is 0 Å². The van der Waals surface area contributed by atoms with Gasteiger partial charge in [0.1, 0.15) is 18.4 Å². The van der Waals surface area contributed by atoms with Crippen LogP contribution in [0.15, 0.2) is 84.6 Å². The van der Waals surface area contributed by atoms with E-state index in [4.69, 9.17) is 18.9 Å². The number of allylic oxidation sites excluding steroid dienone is 1. The van der Waals surface area contributed by atoms with Crippen molar-refractivity contribution in [3.8, 4) is 0 Å². The predicted octanol–water partition coefficient (Wildman–Crippen LogP) is 5.16. The highest BCUT2D eigenvalue weighted by Crippen LogP contribution is 2.38. The third-order valence-corrected chi connectivity index (χ3v) is 6.38. The maximum absolute atomic E-state index is 6.86. The Balaban J connectivity index is 1.41. The molecule has 1 aliphatic carbocycles. The minimum Gasteiger partial charge on any atom is -0.346 e. The van der Waals surface area contributed by atoms with E-state index in [0.29, 0.717) is 6.61 Å². The Morgan fingerprint density at radius 2 is 1.75 bits per heavy atom. The molecule has 5 nitrogen and oxygen atoms in total. The smallest absolute Gasteiger partial charge is 0.221 e. The van der Waals surface area contributed by atoms with Gasteiger partial charge in [0.2, 0.25) is 5.79 Å². The van der Waals surface area contributed by atoms with Crippen LogP contribution in [0.25, 0.3) is 0 Å². The Bertz CT molecular complexity index is 905. The van der Waals surface area contributed by atoms with Gasteiger partial charge < -0.3 is 23.8 Å². The first-order valence-electron chi connectivity index (χ1n) is 11.6. The molecule has 0 bridgehead atoms. The van der Waals surface area contributed by atoms with Crippen molar-refractivity contribution in [1.29, 1.82) is 0 Å². The van der Waals surface area contributed by atoms with Gasteiger partial charge in [-0.15, -0.1) is 0 Å². The van der Waals surface area contributed by atoms with Crippen LogP contribution in [-0.2, 0) is 18.9 Å². The summed E-state index contributed by atoms with van der Waals surface area (Å²) in [4.78, 5) is 2.37. The molecule has 3 atom stereocenters. The zero-order valence-corrected chi connectivity index (χ0v) is 18.6. The molecule has 1 unspecified atom stereocenters. The lowest BCUT2D eigenvalue weighted by atomic mass is 9.99. The van der Waals surface area contributed by atoms with Crippen molar-refractivity contribution in [3.63, 3.8) is 0 Å². The molecular formula is C27H31NO4. The summed E-state index contributed by atoms with van der Waals surface area (Å²) in [5.41, 5.74) is 3.45. The van der Waals surface area contributed by atoms with Crippen LogP contribution in [0, 0.1) is 0 Å². The molecule has 0 saturated carbocycles. The molecule has 2 aromatic carbocycles. The van der Waals surface area contributed by atoms with E-state index in [9.17, 15) is 0 Å². The number of benzene rings is 2. The molecule has 3 aliphatic rings. The highest BCUT2D eigenvalue weighted by Gasteiger charge is 2.46. The second kappa shape index (κ2) is 9.59. The van der Waals surface area contributed by atoms with Crippen LogP contribution < -0.4 is 0 Å². The summed E-state index contributed by atoms with van der Waals surface area (Å²) in [6.07, 6.45) is 9.13. The van der Waals surface area contributed by atoms with Crippen molar-refractivity contribution in [3.05, 3.63) is 95.7 Å². The summed E-state index contributed by atoms with van der Waals surface area (Å²) in [6, 6.07) is 21.0. The highest BCUT2D eigenvalue weighted by molar-refractivity contribution is 5.32. The lowest BCUT2D eigenvalue weighted by Crippen LogP contribution is -2.46. The number of hydrogen-bond acceptors (Lipinski definition) is 5. The monoisotopic (exact) mass is 433 g/mol. The van der Waals surface area contributed by atoms with Gasteiger partial charge in [-0.2, -0.15) is 0 Å². The number of likely N-dealkylation sites (tertiary alicyclic amines) is 1. The van der Waals surface area contributed by atoms with Crippen LogP contribution in [0.3, 0.4) is 0 Å². The van der Waals surface area contributed by atoms with Gasteiger partial charge in [-0.3, -0.25) is 0 Å². The lowest BCUT2D eigenvalue weighted by Gasteiger charge is -2.42. The van der Waals surface area contributed by atoms with Crippen LogP contribution in [-0.4, -0.2) is 43.0 Å². The normalized spacial score (nSPS) is 27.4. The van der Waals surface area contributed by atoms with E-state index in [1.165, 1.54) is 11.1 Å². The van der Waals surface area contributed by atoms with E-state index < -0.39 is 5.79 Å². The predicted molar refractivity (Wildman–Crippen MR) is 123 cm³/mol. The SMILES string of the molecule is CCOC12C=CC(N3CCCC[C@@H]3OC(c3ccccc3)c3ccccc3)=C[C@H]1OCO2. The molecule has 2 aromatic rings. The first-order valence-corrected chi connectivity index (χ1v) is 11.6. The standard InChI is InChI=1S/C27H31NO4/c1-2-30-27-17-16-23(19-24(27)29-20-31-27)28-18-10-9-15-25(28)32-26(21-11-5-3-6-12-21)22-13-7-4-8-14-22/h3-8,11-14,16-17,19,24-26H,2,9-10,15,18,20H2,1H3/t24-,25+,27?/m1/s1. The zero-order valence-electron chi connectivity index (χ0n) is 18.6. The van der Waals surface area contributed by atoms with Gasteiger partial charge in [-0.05, 0) is 55.5 Å². The third-order valence-electron chi connectivity index (χ3n) is 6.38. The van der Waals surface area contributed by atoms with Gasteiger partial charge in [0.25, 0.3) is 0 Å². The van der Waals surface area contributed by atoms with Gasteiger partial charge in [-0.1, -0.05) is 60.7 Å². The lowest BCUT2D eigenvalue weighted by molar-refractivity contribution is -0.175. The van der Waals surface area contributed by atoms with Crippen LogP contribution in [0.5, 0.6) is 0 Å². The van der Waals surface area contributed by atoms with Crippen LogP contribution in [0.1, 0.15) is 43.4 Å². The molecule has 168 valence electrons. The quantitative estimate of drug-likeness (QED) is 0.603. The number of piperidine rings is 1. The van der Waals surface area contributed by atoms with Crippen molar-refractivity contribution in [1.82, 2.24) is 4.90 Å². The number of hydrogen-bond donors (Lipinski definition) is 0. The second-order valence-electron chi connectivity index (χ2n) is 8.41. The summed E-state index contributed by atoms with van der Waals surface area (Å²) in [6.45, 7) is 3.73. The molecule has 0 amide bonds. The third kappa shape index (κ3) is 4.26. The molecule has 2 heterocycles. The summed E-state index contributed by atoms with van der Waals surface area (Å²) in [7, 11) is 0. The van der Waals surface area contributed by atoms with Crippen LogP contribution in [0.2, 0.25) is 0 Å². The second-order valence-corrected chi connectivity index (χ2v) is 8.41. The number of fused-ring (bicyclic) bond motifs is 1. The molecule has 2 aliphatic heterocycles. The fourth-order valence-corrected chi connectivity index (χ4v) is 4.81. The highest BCUT2D eigenvalue weighted by atomic mass is 16.8. The molecule has 5 heteroatoms. The summed E-state index contributed by atoms with van der Waals surface area (Å²) in [5.74, 6) is -0.805. The van der Waals surface area contributed by atoms with E-state index >= 15 is 0 Å². The molecule has 0 spiro atoms. The van der Waals surface area contributed by atoms with Gasteiger partial charge in [0.05, 0.1) is 0 Å². The first-order chi connectivity index (χ1) is 15.8. The van der Waals surface area contributed by atoms with E-state index in [1.807, 2.05) is 25.1 Å². The number of nitrogens with zero attached hydrogens (tertiary/aromatic N) is 1. The minimum atomic E-state index is -0.805. The van der Waals surface area contributed by atoms with E-state index in [1.54, 1.807) is 0 Å². The molecule has 32 heavy (non-hydrogen) atoms. The van der Waals surface area contributed by atoms with Gasteiger partial charge in [-0.25, -0.2) is 0 Å². The average Bonchev–Trinajstić information content (AvgIpc) is 3.27. The summed E-state index contributed by atoms with van der Waals surface area (Å²) < 4.78 is 24.4. The zero-order chi connectivity index (χ0) is 21.8. The fraction of sp³-hybridized carbons (Fsp3) is 0.407. The topological polar surface area (TPSA) is 40.2 Å². The Morgan fingerprint density at radius 3 is 2.44 bits per heavy atom. The van der Waals surface area contributed by atoms with Crippen LogP contribution in [0.4, 0.5) is 0 Å². The fourth-order valence-electron chi connectivity index (χ4n) is 4.81. The van der Waals surface area contributed by atoms with E-state index in [2.05, 4.69) is 65.6 Å². The molecule has 5 rings (SSSR count). The average molecular weight is 434 g/mol. The van der Waals surface area contributed by atoms with Gasteiger partial charge in [0, 0.05) is 18.8 Å². The van der Waals surface area contributed by atoms with Gasteiger partial charge in [0.15, 0.2) is 6.79 Å². The molecule has 2 fully saturated rings. The number of rotatable bonds is 7. The maximum Gasteiger partial charge on any atom is 0.221 e.